The Balaban J connectivity index is 1.72. The Morgan fingerprint density at radius 1 is 1.35 bits per heavy atom. The fraction of sp³-hybridized carbons (Fsp3) is 0.789. The molecule has 0 radical (unpaired) electrons. The van der Waals surface area contributed by atoms with Crippen molar-refractivity contribution in [3.8, 4) is 0 Å². The fourth-order valence-electron chi connectivity index (χ4n) is 3.20. The summed E-state index contributed by atoms with van der Waals surface area (Å²) in [4.78, 5) is 7.18. The van der Waals surface area contributed by atoms with Crippen molar-refractivity contribution in [2.45, 2.75) is 52.1 Å². The molecule has 1 aromatic rings. The molecule has 0 aromatic carbocycles. The molecule has 148 valence electrons. The van der Waals surface area contributed by atoms with Crippen molar-refractivity contribution < 1.29 is 9.47 Å². The van der Waals surface area contributed by atoms with Crippen LogP contribution in [0.15, 0.2) is 11.2 Å². The van der Waals surface area contributed by atoms with E-state index in [2.05, 4.69) is 34.3 Å². The lowest BCUT2D eigenvalue weighted by molar-refractivity contribution is 0.00990. The third kappa shape index (κ3) is 6.96. The van der Waals surface area contributed by atoms with Crippen molar-refractivity contribution in [1.29, 1.82) is 0 Å². The van der Waals surface area contributed by atoms with Gasteiger partial charge in [0.25, 0.3) is 0 Å². The van der Waals surface area contributed by atoms with Crippen molar-refractivity contribution in [2.75, 3.05) is 46.5 Å². The van der Waals surface area contributed by atoms with Gasteiger partial charge < -0.3 is 19.7 Å². The average molecular weight is 366 g/mol. The molecule has 1 aromatic heterocycles. The summed E-state index contributed by atoms with van der Waals surface area (Å²) < 4.78 is 11.0. The molecule has 2 heterocycles. The normalized spacial score (nSPS) is 16.3. The first-order valence-corrected chi connectivity index (χ1v) is 9.87. The third-order valence-electron chi connectivity index (χ3n) is 4.72. The molecule has 0 atom stereocenters. The summed E-state index contributed by atoms with van der Waals surface area (Å²) in [6.45, 7) is 9.48. The monoisotopic (exact) mass is 365 g/mol. The highest BCUT2D eigenvalue weighted by molar-refractivity contribution is 5.80. The topological polar surface area (TPSA) is 74.8 Å². The van der Waals surface area contributed by atoms with Gasteiger partial charge in [-0.05, 0) is 51.5 Å². The van der Waals surface area contributed by atoms with Crippen molar-refractivity contribution in [2.24, 2.45) is 4.99 Å². The summed E-state index contributed by atoms with van der Waals surface area (Å²) in [6.07, 6.45) is 7.43. The van der Waals surface area contributed by atoms with E-state index in [-0.39, 0.29) is 0 Å². The van der Waals surface area contributed by atoms with Gasteiger partial charge in [-0.25, -0.2) is 0 Å². The lowest BCUT2D eigenvalue weighted by Gasteiger charge is -2.34. The summed E-state index contributed by atoms with van der Waals surface area (Å²) in [5.41, 5.74) is 2.45. The first-order valence-electron chi connectivity index (χ1n) is 9.87. The standard InChI is InChI=1S/C19H35N5O2/c1-4-20-19(21-10-5-7-17-15-22-23-16(17)2)24-11-8-18(9-12-24)26-14-6-13-25-3/h15,18H,4-14H2,1-3H3,(H,20,21)(H,22,23). The largest absolute Gasteiger partial charge is 0.385 e. The number of methoxy groups -OCH3 is 1. The van der Waals surface area contributed by atoms with Gasteiger partial charge >= 0.3 is 0 Å². The molecule has 0 aliphatic carbocycles. The van der Waals surface area contributed by atoms with E-state index >= 15 is 0 Å². The smallest absolute Gasteiger partial charge is 0.193 e. The Kier molecular flexibility index (Phi) is 9.48. The molecule has 1 aliphatic heterocycles. The van der Waals surface area contributed by atoms with Crippen LogP contribution >= 0.6 is 0 Å². The Morgan fingerprint density at radius 3 is 2.81 bits per heavy atom. The van der Waals surface area contributed by atoms with E-state index in [1.165, 1.54) is 5.56 Å². The van der Waals surface area contributed by atoms with E-state index in [1.807, 2.05) is 6.20 Å². The van der Waals surface area contributed by atoms with Crippen LogP contribution in [-0.2, 0) is 15.9 Å². The average Bonchev–Trinajstić information content (AvgIpc) is 3.07. The van der Waals surface area contributed by atoms with Crippen LogP contribution < -0.4 is 5.32 Å². The lowest BCUT2D eigenvalue weighted by Crippen LogP contribution is -2.47. The highest BCUT2D eigenvalue weighted by Gasteiger charge is 2.21. The van der Waals surface area contributed by atoms with Crippen LogP contribution in [0.1, 0.15) is 43.9 Å². The molecule has 0 amide bonds. The predicted octanol–water partition coefficient (Wildman–Crippen LogP) is 2.13. The van der Waals surface area contributed by atoms with E-state index in [9.17, 15) is 0 Å². The number of aliphatic imine (C=N–C) groups is 1. The van der Waals surface area contributed by atoms with Gasteiger partial charge in [0, 0.05) is 52.2 Å². The molecule has 7 heteroatoms. The summed E-state index contributed by atoms with van der Waals surface area (Å²) in [7, 11) is 1.73. The minimum Gasteiger partial charge on any atom is -0.385 e. The van der Waals surface area contributed by atoms with E-state index in [0.29, 0.717) is 6.10 Å². The molecule has 2 N–H and O–H groups in total. The van der Waals surface area contributed by atoms with Crippen molar-refractivity contribution >= 4 is 5.96 Å². The van der Waals surface area contributed by atoms with Crippen LogP contribution in [-0.4, -0.2) is 73.7 Å². The molecular weight excluding hydrogens is 330 g/mol. The quantitative estimate of drug-likeness (QED) is 0.377. The van der Waals surface area contributed by atoms with Gasteiger partial charge in [0.15, 0.2) is 5.96 Å². The zero-order chi connectivity index (χ0) is 18.6. The number of hydrogen-bond acceptors (Lipinski definition) is 4. The molecule has 1 saturated heterocycles. The molecule has 0 unspecified atom stereocenters. The number of rotatable bonds is 10. The fourth-order valence-corrected chi connectivity index (χ4v) is 3.20. The van der Waals surface area contributed by atoms with Crippen LogP contribution in [0, 0.1) is 6.92 Å². The zero-order valence-electron chi connectivity index (χ0n) is 16.6. The maximum atomic E-state index is 5.95. The molecule has 0 bridgehead atoms. The summed E-state index contributed by atoms with van der Waals surface area (Å²) >= 11 is 0. The second kappa shape index (κ2) is 11.9. The molecule has 7 nitrogen and oxygen atoms in total. The number of aryl methyl sites for hydroxylation is 2. The number of likely N-dealkylation sites (tertiary alicyclic amines) is 1. The van der Waals surface area contributed by atoms with Gasteiger partial charge in [-0.15, -0.1) is 0 Å². The van der Waals surface area contributed by atoms with Gasteiger partial charge in [-0.3, -0.25) is 10.1 Å². The zero-order valence-corrected chi connectivity index (χ0v) is 16.6. The number of piperidine rings is 1. The molecule has 0 saturated carbocycles. The molecule has 1 aliphatic rings. The van der Waals surface area contributed by atoms with Crippen LogP contribution in [0.3, 0.4) is 0 Å². The van der Waals surface area contributed by atoms with E-state index in [0.717, 1.165) is 83.2 Å². The van der Waals surface area contributed by atoms with Gasteiger partial charge in [0.2, 0.25) is 0 Å². The Bertz CT molecular complexity index is 524. The molecule has 26 heavy (non-hydrogen) atoms. The first-order chi connectivity index (χ1) is 12.7. The summed E-state index contributed by atoms with van der Waals surface area (Å²) in [5, 5.41) is 10.5. The van der Waals surface area contributed by atoms with Gasteiger partial charge in [0.05, 0.1) is 12.3 Å². The Hall–Kier alpha value is -1.60. The van der Waals surface area contributed by atoms with E-state index < -0.39 is 0 Å². The lowest BCUT2D eigenvalue weighted by atomic mass is 10.1. The van der Waals surface area contributed by atoms with Crippen LogP contribution in [0.2, 0.25) is 0 Å². The minimum atomic E-state index is 0.370. The van der Waals surface area contributed by atoms with Gasteiger partial charge in [-0.2, -0.15) is 5.10 Å². The highest BCUT2D eigenvalue weighted by atomic mass is 16.5. The van der Waals surface area contributed by atoms with E-state index in [4.69, 9.17) is 14.5 Å². The van der Waals surface area contributed by atoms with Crippen molar-refractivity contribution in [1.82, 2.24) is 20.4 Å². The maximum absolute atomic E-state index is 5.95. The number of nitrogens with zero attached hydrogens (tertiary/aromatic N) is 3. The van der Waals surface area contributed by atoms with Gasteiger partial charge in [-0.1, -0.05) is 0 Å². The van der Waals surface area contributed by atoms with Crippen LogP contribution in [0.25, 0.3) is 0 Å². The number of nitrogens with one attached hydrogen (secondary N) is 2. The summed E-state index contributed by atoms with van der Waals surface area (Å²) in [6, 6.07) is 0. The first kappa shape index (κ1) is 20.7. The van der Waals surface area contributed by atoms with Crippen molar-refractivity contribution in [3.63, 3.8) is 0 Å². The Labute approximate surface area is 157 Å². The maximum Gasteiger partial charge on any atom is 0.193 e. The van der Waals surface area contributed by atoms with Crippen LogP contribution in [0.4, 0.5) is 0 Å². The second-order valence-corrected chi connectivity index (χ2v) is 6.76. The molecular formula is C19H35N5O2. The molecule has 0 spiro atoms. The minimum absolute atomic E-state index is 0.370. The molecule has 2 rings (SSSR count). The van der Waals surface area contributed by atoms with Gasteiger partial charge in [0.1, 0.15) is 0 Å². The molecule has 1 fully saturated rings. The second-order valence-electron chi connectivity index (χ2n) is 6.76. The number of hydrogen-bond donors (Lipinski definition) is 2. The third-order valence-corrected chi connectivity index (χ3v) is 4.72. The number of ether oxygens (including phenoxy) is 2. The van der Waals surface area contributed by atoms with E-state index in [1.54, 1.807) is 7.11 Å². The SMILES string of the molecule is CCNC(=NCCCc1cn[nH]c1C)N1CCC(OCCCOC)CC1. The highest BCUT2D eigenvalue weighted by Crippen LogP contribution is 2.14. The Morgan fingerprint density at radius 2 is 2.15 bits per heavy atom. The van der Waals surface area contributed by atoms with Crippen LogP contribution in [0.5, 0.6) is 0 Å². The predicted molar refractivity (Wildman–Crippen MR) is 105 cm³/mol. The van der Waals surface area contributed by atoms with Crippen molar-refractivity contribution in [3.05, 3.63) is 17.5 Å². The summed E-state index contributed by atoms with van der Waals surface area (Å²) in [5.74, 6) is 1.04. The number of guanidine groups is 1. The number of H-pyrrole nitrogens is 1. The number of aromatic amines is 1. The number of aromatic nitrogens is 2.